The molecule has 36 heavy (non-hydrogen) atoms. The SMILES string of the molecule is CCOc1cc(/C=N/NC(=O)C(=O)Nc2cc(C)ccc2C)cc(Br)c1OCc1c(Cl)cccc1Cl. The molecule has 0 aliphatic rings. The van der Waals surface area contributed by atoms with Crippen molar-refractivity contribution in [3.8, 4) is 11.5 Å². The highest BCUT2D eigenvalue weighted by Crippen LogP contribution is 2.38. The van der Waals surface area contributed by atoms with E-state index in [-0.39, 0.29) is 6.61 Å². The Morgan fingerprint density at radius 1 is 1.03 bits per heavy atom. The van der Waals surface area contributed by atoms with E-state index in [9.17, 15) is 9.59 Å². The second-order valence-electron chi connectivity index (χ2n) is 7.72. The molecule has 188 valence electrons. The largest absolute Gasteiger partial charge is 0.490 e. The lowest BCUT2D eigenvalue weighted by Crippen LogP contribution is -2.32. The molecule has 0 aliphatic carbocycles. The molecule has 0 heterocycles. The lowest BCUT2D eigenvalue weighted by Gasteiger charge is -2.15. The van der Waals surface area contributed by atoms with Gasteiger partial charge in [-0.3, -0.25) is 9.59 Å². The zero-order chi connectivity index (χ0) is 26.2. The second kappa shape index (κ2) is 12.8. The molecule has 0 radical (unpaired) electrons. The van der Waals surface area contributed by atoms with Gasteiger partial charge in [-0.1, -0.05) is 41.4 Å². The zero-order valence-electron chi connectivity index (χ0n) is 19.8. The van der Waals surface area contributed by atoms with Gasteiger partial charge in [0.2, 0.25) is 0 Å². The maximum atomic E-state index is 12.2. The van der Waals surface area contributed by atoms with Crippen LogP contribution >= 0.6 is 39.1 Å². The number of nitrogens with zero attached hydrogens (tertiary/aromatic N) is 1. The van der Waals surface area contributed by atoms with E-state index in [1.807, 2.05) is 32.9 Å². The zero-order valence-corrected chi connectivity index (χ0v) is 22.9. The third-order valence-electron chi connectivity index (χ3n) is 4.98. The highest BCUT2D eigenvalue weighted by atomic mass is 79.9. The van der Waals surface area contributed by atoms with E-state index in [4.69, 9.17) is 32.7 Å². The first-order valence-electron chi connectivity index (χ1n) is 10.9. The van der Waals surface area contributed by atoms with E-state index in [2.05, 4.69) is 31.8 Å². The fourth-order valence-electron chi connectivity index (χ4n) is 3.15. The van der Waals surface area contributed by atoms with Gasteiger partial charge in [-0.25, -0.2) is 5.43 Å². The Hall–Kier alpha value is -3.07. The van der Waals surface area contributed by atoms with Crippen molar-refractivity contribution in [3.05, 3.63) is 85.3 Å². The van der Waals surface area contributed by atoms with E-state index in [0.29, 0.717) is 49.4 Å². The fraction of sp³-hybridized carbons (Fsp3) is 0.192. The third kappa shape index (κ3) is 7.22. The third-order valence-corrected chi connectivity index (χ3v) is 6.28. The van der Waals surface area contributed by atoms with Gasteiger partial charge in [0, 0.05) is 21.3 Å². The van der Waals surface area contributed by atoms with Crippen LogP contribution in [0.5, 0.6) is 11.5 Å². The van der Waals surface area contributed by atoms with Crippen LogP contribution in [0.3, 0.4) is 0 Å². The minimum Gasteiger partial charge on any atom is -0.490 e. The Morgan fingerprint density at radius 3 is 2.44 bits per heavy atom. The van der Waals surface area contributed by atoms with Crippen molar-refractivity contribution in [1.82, 2.24) is 5.43 Å². The molecule has 0 aromatic heterocycles. The predicted octanol–water partition coefficient (Wildman–Crippen LogP) is 6.44. The summed E-state index contributed by atoms with van der Waals surface area (Å²) in [5.41, 5.74) is 5.87. The number of anilines is 1. The molecule has 2 N–H and O–H groups in total. The highest BCUT2D eigenvalue weighted by molar-refractivity contribution is 9.10. The Morgan fingerprint density at radius 2 is 1.75 bits per heavy atom. The summed E-state index contributed by atoms with van der Waals surface area (Å²) in [4.78, 5) is 24.4. The van der Waals surface area contributed by atoms with Gasteiger partial charge in [-0.05, 0) is 83.7 Å². The number of amides is 2. The number of halogens is 3. The molecule has 2 amide bonds. The molecule has 0 fully saturated rings. The molecule has 0 aliphatic heterocycles. The molecule has 3 aromatic carbocycles. The van der Waals surface area contributed by atoms with Gasteiger partial charge in [0.1, 0.15) is 6.61 Å². The summed E-state index contributed by atoms with van der Waals surface area (Å²) in [6.07, 6.45) is 1.39. The van der Waals surface area contributed by atoms with Gasteiger partial charge in [0.15, 0.2) is 11.5 Å². The number of ether oxygens (including phenoxy) is 2. The smallest absolute Gasteiger partial charge is 0.329 e. The average molecular weight is 593 g/mol. The number of benzene rings is 3. The van der Waals surface area contributed by atoms with Crippen LogP contribution in [0.15, 0.2) is 58.1 Å². The van der Waals surface area contributed by atoms with E-state index in [1.165, 1.54) is 6.21 Å². The maximum Gasteiger partial charge on any atom is 0.329 e. The molecule has 0 unspecified atom stereocenters. The topological polar surface area (TPSA) is 89.0 Å². The van der Waals surface area contributed by atoms with Gasteiger partial charge in [0.25, 0.3) is 0 Å². The summed E-state index contributed by atoms with van der Waals surface area (Å²) in [6, 6.07) is 14.2. The first kappa shape index (κ1) is 27.5. The molecule has 7 nitrogen and oxygen atoms in total. The molecule has 0 saturated carbocycles. The highest BCUT2D eigenvalue weighted by Gasteiger charge is 2.16. The first-order valence-corrected chi connectivity index (χ1v) is 12.5. The van der Waals surface area contributed by atoms with Crippen molar-refractivity contribution in [3.63, 3.8) is 0 Å². The number of rotatable bonds is 8. The van der Waals surface area contributed by atoms with E-state index >= 15 is 0 Å². The van der Waals surface area contributed by atoms with Gasteiger partial charge in [0.05, 0.1) is 17.3 Å². The van der Waals surface area contributed by atoms with E-state index < -0.39 is 11.8 Å². The monoisotopic (exact) mass is 591 g/mol. The fourth-order valence-corrected chi connectivity index (χ4v) is 4.23. The number of hydrazone groups is 1. The van der Waals surface area contributed by atoms with Crippen molar-refractivity contribution in [1.29, 1.82) is 0 Å². The molecule has 0 atom stereocenters. The average Bonchev–Trinajstić information content (AvgIpc) is 2.82. The Balaban J connectivity index is 1.69. The van der Waals surface area contributed by atoms with Crippen LogP contribution in [0.25, 0.3) is 0 Å². The number of hydrogen-bond donors (Lipinski definition) is 2. The number of aryl methyl sites for hydroxylation is 2. The molecule has 0 bridgehead atoms. The molecule has 3 rings (SSSR count). The number of carbonyl (C=O) groups excluding carboxylic acids is 2. The van der Waals surface area contributed by atoms with Crippen LogP contribution in [0.1, 0.15) is 29.2 Å². The number of carbonyl (C=O) groups is 2. The summed E-state index contributed by atoms with van der Waals surface area (Å²) in [7, 11) is 0. The molecular formula is C26H24BrCl2N3O4. The van der Waals surface area contributed by atoms with E-state index in [1.54, 1.807) is 36.4 Å². The molecule has 10 heteroatoms. The van der Waals surface area contributed by atoms with Crippen molar-refractivity contribution >= 4 is 62.8 Å². The van der Waals surface area contributed by atoms with Gasteiger partial charge < -0.3 is 14.8 Å². The number of hydrogen-bond acceptors (Lipinski definition) is 5. The summed E-state index contributed by atoms with van der Waals surface area (Å²) in [6.45, 7) is 6.12. The van der Waals surface area contributed by atoms with Crippen molar-refractivity contribution < 1.29 is 19.1 Å². The van der Waals surface area contributed by atoms with Crippen molar-refractivity contribution in [2.45, 2.75) is 27.4 Å². The van der Waals surface area contributed by atoms with Crippen molar-refractivity contribution in [2.24, 2.45) is 5.10 Å². The van der Waals surface area contributed by atoms with Crippen LogP contribution in [-0.4, -0.2) is 24.6 Å². The Bertz CT molecular complexity index is 1290. The standard InChI is InChI=1S/C26H24BrCl2N3O4/c1-4-35-23-12-17(11-19(27)24(23)36-14-18-20(28)6-5-7-21(18)29)13-30-32-26(34)25(33)31-22-10-15(2)8-9-16(22)3/h5-13H,4,14H2,1-3H3,(H,31,33)(H,32,34)/b30-13+. The molecule has 3 aromatic rings. The lowest BCUT2D eigenvalue weighted by atomic mass is 10.1. The van der Waals surface area contributed by atoms with Crippen molar-refractivity contribution in [2.75, 3.05) is 11.9 Å². The summed E-state index contributed by atoms with van der Waals surface area (Å²) in [5.74, 6) is -0.802. The minimum absolute atomic E-state index is 0.135. The summed E-state index contributed by atoms with van der Waals surface area (Å²) in [5, 5.41) is 7.48. The Kier molecular flexibility index (Phi) is 9.75. The summed E-state index contributed by atoms with van der Waals surface area (Å²) >= 11 is 16.0. The molecule has 0 spiro atoms. The van der Waals surface area contributed by atoms with Gasteiger partial charge in [-0.15, -0.1) is 0 Å². The summed E-state index contributed by atoms with van der Waals surface area (Å²) < 4.78 is 12.3. The van der Waals surface area contributed by atoms with Gasteiger partial charge in [-0.2, -0.15) is 5.10 Å². The van der Waals surface area contributed by atoms with Crippen LogP contribution in [-0.2, 0) is 16.2 Å². The minimum atomic E-state index is -0.896. The van der Waals surface area contributed by atoms with Crippen LogP contribution in [0.2, 0.25) is 10.0 Å². The normalized spacial score (nSPS) is 10.8. The first-order chi connectivity index (χ1) is 17.2. The Labute approximate surface area is 227 Å². The lowest BCUT2D eigenvalue weighted by molar-refractivity contribution is -0.136. The molecular weight excluding hydrogens is 569 g/mol. The van der Waals surface area contributed by atoms with Crippen LogP contribution < -0.4 is 20.2 Å². The van der Waals surface area contributed by atoms with Crippen LogP contribution in [0, 0.1) is 13.8 Å². The predicted molar refractivity (Wildman–Crippen MR) is 146 cm³/mol. The maximum absolute atomic E-state index is 12.2. The van der Waals surface area contributed by atoms with Crippen LogP contribution in [0.4, 0.5) is 5.69 Å². The quantitative estimate of drug-likeness (QED) is 0.179. The van der Waals surface area contributed by atoms with E-state index in [0.717, 1.165) is 11.1 Å². The molecule has 0 saturated heterocycles. The second-order valence-corrected chi connectivity index (χ2v) is 9.39. The number of nitrogens with one attached hydrogen (secondary N) is 2. The van der Waals surface area contributed by atoms with Gasteiger partial charge >= 0.3 is 11.8 Å².